The monoisotopic (exact) mass is 365 g/mol. The fourth-order valence-corrected chi connectivity index (χ4v) is 3.29. The minimum absolute atomic E-state index is 0.0509. The fourth-order valence-electron chi connectivity index (χ4n) is 3.29. The van der Waals surface area contributed by atoms with Crippen molar-refractivity contribution in [2.24, 2.45) is 0 Å². The standard InChI is InChI=1S/C22H23NO4/c1-13-9-10-19(26-4)16(11-13)12-20(24)27-15(3)22(25)21-14(2)23-18-8-6-5-7-17(18)21/h5-11,15,23H,12H2,1-4H3/t15-/m1/s1. The third-order valence-electron chi connectivity index (χ3n) is 4.59. The molecule has 0 aliphatic rings. The summed E-state index contributed by atoms with van der Waals surface area (Å²) in [5.74, 6) is -0.0456. The van der Waals surface area contributed by atoms with Gasteiger partial charge in [-0.25, -0.2) is 0 Å². The van der Waals surface area contributed by atoms with Crippen LogP contribution in [-0.2, 0) is 16.0 Å². The van der Waals surface area contributed by atoms with Crippen LogP contribution in [0.15, 0.2) is 42.5 Å². The first kappa shape index (κ1) is 18.7. The molecule has 0 amide bonds. The Hall–Kier alpha value is -3.08. The van der Waals surface area contributed by atoms with Crippen molar-refractivity contribution in [1.29, 1.82) is 0 Å². The van der Waals surface area contributed by atoms with Gasteiger partial charge in [0.2, 0.25) is 5.78 Å². The van der Waals surface area contributed by atoms with Gasteiger partial charge in [0.05, 0.1) is 13.5 Å². The number of aryl methyl sites for hydroxylation is 2. The Kier molecular flexibility index (Phi) is 5.31. The lowest BCUT2D eigenvalue weighted by atomic mass is 10.0. The van der Waals surface area contributed by atoms with E-state index in [2.05, 4.69) is 4.98 Å². The van der Waals surface area contributed by atoms with Crippen LogP contribution in [0.25, 0.3) is 10.9 Å². The molecule has 0 bridgehead atoms. The first-order chi connectivity index (χ1) is 12.9. The van der Waals surface area contributed by atoms with E-state index in [9.17, 15) is 9.59 Å². The summed E-state index contributed by atoms with van der Waals surface area (Å²) in [6.07, 6.45) is -0.818. The second-order valence-corrected chi connectivity index (χ2v) is 6.66. The van der Waals surface area contributed by atoms with Crippen LogP contribution in [0.3, 0.4) is 0 Å². The molecule has 3 aromatic rings. The molecule has 1 aromatic heterocycles. The van der Waals surface area contributed by atoms with E-state index in [1.54, 1.807) is 14.0 Å². The molecule has 0 fully saturated rings. The number of carbonyl (C=O) groups is 2. The van der Waals surface area contributed by atoms with Crippen LogP contribution in [0.2, 0.25) is 0 Å². The Morgan fingerprint density at radius 2 is 1.85 bits per heavy atom. The topological polar surface area (TPSA) is 68.4 Å². The zero-order valence-corrected chi connectivity index (χ0v) is 16.0. The van der Waals surface area contributed by atoms with Gasteiger partial charge in [-0.2, -0.15) is 0 Å². The number of Topliss-reactive ketones (excluding diaryl/α,β-unsaturated/α-hetero) is 1. The Balaban J connectivity index is 1.76. The number of nitrogens with one attached hydrogen (secondary N) is 1. The van der Waals surface area contributed by atoms with Gasteiger partial charge in [-0.3, -0.25) is 9.59 Å². The maximum atomic E-state index is 12.9. The quantitative estimate of drug-likeness (QED) is 0.526. The van der Waals surface area contributed by atoms with Gasteiger partial charge in [-0.1, -0.05) is 35.9 Å². The van der Waals surface area contributed by atoms with Crippen LogP contribution in [0.5, 0.6) is 5.75 Å². The van der Waals surface area contributed by atoms with E-state index >= 15 is 0 Å². The van der Waals surface area contributed by atoms with E-state index in [0.717, 1.165) is 27.7 Å². The van der Waals surface area contributed by atoms with E-state index in [1.165, 1.54) is 0 Å². The van der Waals surface area contributed by atoms with Gasteiger partial charge >= 0.3 is 5.97 Å². The summed E-state index contributed by atoms with van der Waals surface area (Å²) in [6, 6.07) is 13.2. The van der Waals surface area contributed by atoms with Crippen LogP contribution < -0.4 is 4.74 Å². The maximum absolute atomic E-state index is 12.9. The first-order valence-corrected chi connectivity index (χ1v) is 8.85. The Morgan fingerprint density at radius 3 is 2.59 bits per heavy atom. The summed E-state index contributed by atoms with van der Waals surface area (Å²) in [7, 11) is 1.56. The number of aromatic nitrogens is 1. The van der Waals surface area contributed by atoms with E-state index in [1.807, 2.05) is 56.3 Å². The number of H-pyrrole nitrogens is 1. The lowest BCUT2D eigenvalue weighted by molar-refractivity contribution is -0.145. The molecule has 27 heavy (non-hydrogen) atoms. The normalized spacial score (nSPS) is 12.0. The number of hydrogen-bond donors (Lipinski definition) is 1. The largest absolute Gasteiger partial charge is 0.496 e. The third-order valence-corrected chi connectivity index (χ3v) is 4.59. The molecule has 5 heteroatoms. The molecule has 1 N–H and O–H groups in total. The molecule has 0 aliphatic heterocycles. The van der Waals surface area contributed by atoms with Crippen molar-refractivity contribution in [3.63, 3.8) is 0 Å². The van der Waals surface area contributed by atoms with Crippen LogP contribution >= 0.6 is 0 Å². The number of rotatable bonds is 6. The zero-order chi connectivity index (χ0) is 19.6. The Labute approximate surface area is 158 Å². The molecule has 0 spiro atoms. The number of esters is 1. The average molecular weight is 365 g/mol. The van der Waals surface area contributed by atoms with Crippen LogP contribution in [0, 0.1) is 13.8 Å². The van der Waals surface area contributed by atoms with Gasteiger partial charge in [0, 0.05) is 27.7 Å². The second-order valence-electron chi connectivity index (χ2n) is 6.66. The summed E-state index contributed by atoms with van der Waals surface area (Å²) in [5.41, 5.74) is 3.99. The fraction of sp³-hybridized carbons (Fsp3) is 0.273. The lowest BCUT2D eigenvalue weighted by Crippen LogP contribution is -2.25. The minimum Gasteiger partial charge on any atom is -0.496 e. The SMILES string of the molecule is COc1ccc(C)cc1CC(=O)O[C@H](C)C(=O)c1c(C)[nH]c2ccccc12. The van der Waals surface area contributed by atoms with Gasteiger partial charge in [-0.05, 0) is 32.9 Å². The molecule has 0 radical (unpaired) electrons. The number of carbonyl (C=O) groups excluding carboxylic acids is 2. The van der Waals surface area contributed by atoms with Crippen molar-refractivity contribution >= 4 is 22.7 Å². The van der Waals surface area contributed by atoms with Gasteiger partial charge in [-0.15, -0.1) is 0 Å². The molecule has 0 saturated heterocycles. The van der Waals surface area contributed by atoms with Crippen LogP contribution in [-0.4, -0.2) is 30.0 Å². The van der Waals surface area contributed by atoms with Gasteiger partial charge < -0.3 is 14.5 Å². The molecule has 3 rings (SSSR count). The summed E-state index contributed by atoms with van der Waals surface area (Å²) >= 11 is 0. The van der Waals surface area contributed by atoms with E-state index in [4.69, 9.17) is 9.47 Å². The van der Waals surface area contributed by atoms with Crippen molar-refractivity contribution < 1.29 is 19.1 Å². The van der Waals surface area contributed by atoms with E-state index in [-0.39, 0.29) is 12.2 Å². The number of benzene rings is 2. The smallest absolute Gasteiger partial charge is 0.311 e. The highest BCUT2D eigenvalue weighted by molar-refractivity contribution is 6.11. The molecular weight excluding hydrogens is 342 g/mol. The number of ether oxygens (including phenoxy) is 2. The number of para-hydroxylation sites is 1. The maximum Gasteiger partial charge on any atom is 0.311 e. The van der Waals surface area contributed by atoms with E-state index < -0.39 is 12.1 Å². The number of fused-ring (bicyclic) bond motifs is 1. The molecule has 2 aromatic carbocycles. The first-order valence-electron chi connectivity index (χ1n) is 8.85. The summed E-state index contributed by atoms with van der Waals surface area (Å²) in [5, 5.41) is 0.836. The third kappa shape index (κ3) is 3.87. The molecule has 0 unspecified atom stereocenters. The second kappa shape index (κ2) is 7.66. The molecular formula is C22H23NO4. The van der Waals surface area contributed by atoms with Crippen LogP contribution in [0.4, 0.5) is 0 Å². The average Bonchev–Trinajstić information content (AvgIpc) is 2.96. The van der Waals surface area contributed by atoms with Crippen molar-refractivity contribution in [2.45, 2.75) is 33.3 Å². The van der Waals surface area contributed by atoms with Crippen molar-refractivity contribution in [1.82, 2.24) is 4.98 Å². The molecule has 1 heterocycles. The highest BCUT2D eigenvalue weighted by Crippen LogP contribution is 2.24. The molecule has 0 saturated carbocycles. The van der Waals surface area contributed by atoms with Crippen molar-refractivity contribution in [3.8, 4) is 5.75 Å². The van der Waals surface area contributed by atoms with Crippen molar-refractivity contribution in [3.05, 3.63) is 64.8 Å². The number of aromatic amines is 1. The van der Waals surface area contributed by atoms with Gasteiger partial charge in [0.25, 0.3) is 0 Å². The van der Waals surface area contributed by atoms with E-state index in [0.29, 0.717) is 11.3 Å². The van der Waals surface area contributed by atoms with Crippen molar-refractivity contribution in [2.75, 3.05) is 7.11 Å². The summed E-state index contributed by atoms with van der Waals surface area (Å²) < 4.78 is 10.7. The Morgan fingerprint density at radius 1 is 1.11 bits per heavy atom. The molecule has 1 atom stereocenters. The highest BCUT2D eigenvalue weighted by atomic mass is 16.5. The number of hydrogen-bond acceptors (Lipinski definition) is 4. The van der Waals surface area contributed by atoms with Gasteiger partial charge in [0.15, 0.2) is 6.10 Å². The molecule has 140 valence electrons. The summed E-state index contributed by atoms with van der Waals surface area (Å²) in [6.45, 7) is 5.40. The summed E-state index contributed by atoms with van der Waals surface area (Å²) in [4.78, 5) is 28.5. The lowest BCUT2D eigenvalue weighted by Gasteiger charge is -2.14. The zero-order valence-electron chi connectivity index (χ0n) is 16.0. The highest BCUT2D eigenvalue weighted by Gasteiger charge is 2.24. The van der Waals surface area contributed by atoms with Crippen LogP contribution in [0.1, 0.15) is 34.1 Å². The minimum atomic E-state index is -0.869. The predicted molar refractivity (Wildman–Crippen MR) is 104 cm³/mol. The molecule has 0 aliphatic carbocycles. The number of methoxy groups -OCH3 is 1. The number of ketones is 1. The van der Waals surface area contributed by atoms with Gasteiger partial charge in [0.1, 0.15) is 5.75 Å². The predicted octanol–water partition coefficient (Wildman–Crippen LogP) is 4.15. The Bertz CT molecular complexity index is 1000. The molecule has 5 nitrogen and oxygen atoms in total.